The normalized spacial score (nSPS) is 32.4. The monoisotopic (exact) mass is 280 g/mol. The van der Waals surface area contributed by atoms with E-state index in [1.807, 2.05) is 6.92 Å². The van der Waals surface area contributed by atoms with Gasteiger partial charge in [-0.2, -0.15) is 0 Å². The van der Waals surface area contributed by atoms with Crippen LogP contribution >= 0.6 is 0 Å². The van der Waals surface area contributed by atoms with E-state index in [1.165, 1.54) is 19.3 Å². The van der Waals surface area contributed by atoms with Crippen LogP contribution in [0.25, 0.3) is 0 Å². The number of hydrogen-bond acceptors (Lipinski definition) is 3. The maximum Gasteiger partial charge on any atom is 0.226 e. The molecule has 1 N–H and O–H groups in total. The molecule has 114 valence electrons. The standard InChI is InChI=1S/C16H28N2O2/c1-2-20-12-13-4-3-9-18(11-13)15(19)14-10-16(14)5-7-17-8-6-16/h13-14,17H,2-12H2,1H3. The van der Waals surface area contributed by atoms with Crippen molar-refractivity contribution in [1.29, 1.82) is 0 Å². The zero-order valence-electron chi connectivity index (χ0n) is 12.7. The van der Waals surface area contributed by atoms with Crippen molar-refractivity contribution in [2.24, 2.45) is 17.3 Å². The first-order valence-electron chi connectivity index (χ1n) is 8.32. The second-order valence-corrected chi connectivity index (χ2v) is 6.82. The lowest BCUT2D eigenvalue weighted by Crippen LogP contribution is -2.43. The van der Waals surface area contributed by atoms with Crippen molar-refractivity contribution in [3.8, 4) is 0 Å². The van der Waals surface area contributed by atoms with Gasteiger partial charge < -0.3 is 15.0 Å². The van der Waals surface area contributed by atoms with Crippen LogP contribution in [0.3, 0.4) is 0 Å². The topological polar surface area (TPSA) is 41.6 Å². The molecule has 0 aromatic carbocycles. The predicted octanol–water partition coefficient (Wildman–Crippen LogP) is 1.65. The number of carbonyl (C=O) groups is 1. The first kappa shape index (κ1) is 14.3. The summed E-state index contributed by atoms with van der Waals surface area (Å²) in [5.41, 5.74) is 0.370. The first-order valence-corrected chi connectivity index (χ1v) is 8.32. The van der Waals surface area contributed by atoms with E-state index in [1.54, 1.807) is 0 Å². The van der Waals surface area contributed by atoms with Crippen LogP contribution < -0.4 is 5.32 Å². The number of piperidine rings is 2. The van der Waals surface area contributed by atoms with E-state index < -0.39 is 0 Å². The van der Waals surface area contributed by atoms with E-state index in [0.29, 0.717) is 23.2 Å². The Hall–Kier alpha value is -0.610. The first-order chi connectivity index (χ1) is 9.75. The minimum atomic E-state index is 0.329. The fraction of sp³-hybridized carbons (Fsp3) is 0.938. The molecule has 2 saturated heterocycles. The Bertz CT molecular complexity index is 352. The number of ether oxygens (including phenoxy) is 1. The van der Waals surface area contributed by atoms with E-state index in [4.69, 9.17) is 4.74 Å². The van der Waals surface area contributed by atoms with Crippen molar-refractivity contribution in [2.75, 3.05) is 39.4 Å². The van der Waals surface area contributed by atoms with Crippen LogP contribution in [-0.4, -0.2) is 50.2 Å². The summed E-state index contributed by atoms with van der Waals surface area (Å²) < 4.78 is 5.54. The Morgan fingerprint density at radius 1 is 1.40 bits per heavy atom. The summed E-state index contributed by atoms with van der Waals surface area (Å²) in [6.07, 6.45) is 5.88. The third-order valence-electron chi connectivity index (χ3n) is 5.48. The van der Waals surface area contributed by atoms with Crippen LogP contribution in [0.4, 0.5) is 0 Å². The zero-order chi connectivity index (χ0) is 14.0. The molecule has 2 heterocycles. The van der Waals surface area contributed by atoms with Gasteiger partial charge in [-0.05, 0) is 63.5 Å². The molecular weight excluding hydrogens is 252 g/mol. The van der Waals surface area contributed by atoms with Crippen molar-refractivity contribution < 1.29 is 9.53 Å². The summed E-state index contributed by atoms with van der Waals surface area (Å²) in [5.74, 6) is 1.32. The molecule has 0 bridgehead atoms. The molecule has 3 fully saturated rings. The number of hydrogen-bond donors (Lipinski definition) is 1. The van der Waals surface area contributed by atoms with E-state index >= 15 is 0 Å². The van der Waals surface area contributed by atoms with E-state index in [9.17, 15) is 4.79 Å². The van der Waals surface area contributed by atoms with Gasteiger partial charge >= 0.3 is 0 Å². The van der Waals surface area contributed by atoms with Crippen molar-refractivity contribution in [2.45, 2.75) is 39.0 Å². The second-order valence-electron chi connectivity index (χ2n) is 6.82. The molecule has 2 atom stereocenters. The van der Waals surface area contributed by atoms with Gasteiger partial charge in [0.1, 0.15) is 0 Å². The average molecular weight is 280 g/mol. The van der Waals surface area contributed by atoms with Crippen LogP contribution in [0.5, 0.6) is 0 Å². The molecule has 2 aliphatic heterocycles. The van der Waals surface area contributed by atoms with Crippen molar-refractivity contribution in [1.82, 2.24) is 10.2 Å². The van der Waals surface area contributed by atoms with Gasteiger partial charge in [0.25, 0.3) is 0 Å². The van der Waals surface area contributed by atoms with Crippen molar-refractivity contribution in [3.05, 3.63) is 0 Å². The summed E-state index contributed by atoms with van der Waals surface area (Å²) >= 11 is 0. The van der Waals surface area contributed by atoms with E-state index in [-0.39, 0.29) is 0 Å². The molecule has 0 radical (unpaired) electrons. The van der Waals surface area contributed by atoms with Gasteiger partial charge in [0.2, 0.25) is 5.91 Å². The molecule has 4 heteroatoms. The third kappa shape index (κ3) is 2.86. The van der Waals surface area contributed by atoms with Crippen LogP contribution in [0.1, 0.15) is 39.0 Å². The predicted molar refractivity (Wildman–Crippen MR) is 78.4 cm³/mol. The van der Waals surface area contributed by atoms with Gasteiger partial charge in [-0.3, -0.25) is 4.79 Å². The van der Waals surface area contributed by atoms with Crippen LogP contribution in [0, 0.1) is 17.3 Å². The summed E-state index contributed by atoms with van der Waals surface area (Å²) in [4.78, 5) is 14.9. The maximum absolute atomic E-state index is 12.7. The van der Waals surface area contributed by atoms with Gasteiger partial charge in [0, 0.05) is 25.6 Å². The Morgan fingerprint density at radius 3 is 2.95 bits per heavy atom. The number of carbonyl (C=O) groups excluding carboxylic acids is 1. The van der Waals surface area contributed by atoms with Gasteiger partial charge in [0.15, 0.2) is 0 Å². The van der Waals surface area contributed by atoms with Gasteiger partial charge in [-0.25, -0.2) is 0 Å². The molecule has 3 rings (SSSR count). The molecular formula is C16H28N2O2. The molecule has 1 amide bonds. The van der Waals surface area contributed by atoms with Gasteiger partial charge in [0.05, 0.1) is 6.61 Å². The number of amides is 1. The van der Waals surface area contributed by atoms with Crippen LogP contribution in [0.2, 0.25) is 0 Å². The number of nitrogens with zero attached hydrogens (tertiary/aromatic N) is 1. The lowest BCUT2D eigenvalue weighted by molar-refractivity contribution is -0.136. The fourth-order valence-electron chi connectivity index (χ4n) is 4.08. The largest absolute Gasteiger partial charge is 0.381 e. The Kier molecular flexibility index (Phi) is 4.32. The quantitative estimate of drug-likeness (QED) is 0.851. The second kappa shape index (κ2) is 6.02. The lowest BCUT2D eigenvalue weighted by atomic mass is 9.91. The molecule has 1 aliphatic carbocycles. The Labute approximate surface area is 122 Å². The number of nitrogens with one attached hydrogen (secondary N) is 1. The lowest BCUT2D eigenvalue weighted by Gasteiger charge is -2.34. The highest BCUT2D eigenvalue weighted by Gasteiger charge is 2.58. The SMILES string of the molecule is CCOCC1CCCN(C(=O)C2CC23CCNCC3)C1. The smallest absolute Gasteiger partial charge is 0.226 e. The van der Waals surface area contributed by atoms with Gasteiger partial charge in [-0.1, -0.05) is 0 Å². The van der Waals surface area contributed by atoms with Crippen molar-refractivity contribution >= 4 is 5.91 Å². The molecule has 0 aromatic rings. The highest BCUT2D eigenvalue weighted by Crippen LogP contribution is 2.59. The molecule has 20 heavy (non-hydrogen) atoms. The molecule has 0 aromatic heterocycles. The zero-order valence-corrected chi connectivity index (χ0v) is 12.7. The fourth-order valence-corrected chi connectivity index (χ4v) is 4.08. The van der Waals surface area contributed by atoms with E-state index in [2.05, 4.69) is 10.2 Å². The molecule has 3 aliphatic rings. The van der Waals surface area contributed by atoms with Crippen LogP contribution in [-0.2, 0) is 9.53 Å². The number of likely N-dealkylation sites (tertiary alicyclic amines) is 1. The summed E-state index contributed by atoms with van der Waals surface area (Å²) in [6.45, 7) is 7.71. The third-order valence-corrected chi connectivity index (χ3v) is 5.48. The molecule has 4 nitrogen and oxygen atoms in total. The molecule has 2 unspecified atom stereocenters. The highest BCUT2D eigenvalue weighted by molar-refractivity contribution is 5.82. The summed E-state index contributed by atoms with van der Waals surface area (Å²) in [7, 11) is 0. The number of rotatable bonds is 4. The summed E-state index contributed by atoms with van der Waals surface area (Å²) in [6, 6.07) is 0. The van der Waals surface area contributed by atoms with E-state index in [0.717, 1.165) is 52.2 Å². The Morgan fingerprint density at radius 2 is 2.20 bits per heavy atom. The summed E-state index contributed by atoms with van der Waals surface area (Å²) in [5, 5.41) is 3.41. The minimum absolute atomic E-state index is 0.329. The van der Waals surface area contributed by atoms with Crippen LogP contribution in [0.15, 0.2) is 0 Å². The maximum atomic E-state index is 12.7. The minimum Gasteiger partial charge on any atom is -0.381 e. The van der Waals surface area contributed by atoms with Crippen molar-refractivity contribution in [3.63, 3.8) is 0 Å². The Balaban J connectivity index is 1.52. The van der Waals surface area contributed by atoms with Gasteiger partial charge in [-0.15, -0.1) is 0 Å². The average Bonchev–Trinajstić information content (AvgIpc) is 3.18. The molecule has 1 spiro atoms. The molecule has 1 saturated carbocycles. The highest BCUT2D eigenvalue weighted by atomic mass is 16.5.